The SMILES string of the molecule is Cc1cc(N=Nc2ccc([N+](=O)[O-])cc2Cl)cc(C)c1O. The molecule has 0 amide bonds. The largest absolute Gasteiger partial charge is 0.507 e. The van der Waals surface area contributed by atoms with E-state index in [9.17, 15) is 15.2 Å². The minimum absolute atomic E-state index is 0.102. The molecule has 0 atom stereocenters. The first-order valence-corrected chi connectivity index (χ1v) is 6.42. The monoisotopic (exact) mass is 305 g/mol. The number of aryl methyl sites for hydroxylation is 2. The zero-order valence-corrected chi connectivity index (χ0v) is 12.1. The Labute approximate surface area is 125 Å². The molecule has 0 saturated carbocycles. The van der Waals surface area contributed by atoms with Gasteiger partial charge in [-0.05, 0) is 43.2 Å². The van der Waals surface area contributed by atoms with Crippen molar-refractivity contribution in [3.05, 3.63) is 56.6 Å². The van der Waals surface area contributed by atoms with Crippen LogP contribution in [0.15, 0.2) is 40.6 Å². The molecule has 1 N–H and O–H groups in total. The highest BCUT2D eigenvalue weighted by Gasteiger charge is 2.09. The minimum atomic E-state index is -0.528. The Bertz CT molecular complexity index is 721. The lowest BCUT2D eigenvalue weighted by Crippen LogP contribution is -1.86. The highest BCUT2D eigenvalue weighted by Crippen LogP contribution is 2.32. The maximum Gasteiger partial charge on any atom is 0.271 e. The molecule has 0 unspecified atom stereocenters. The van der Waals surface area contributed by atoms with E-state index >= 15 is 0 Å². The van der Waals surface area contributed by atoms with Crippen LogP contribution in [0.2, 0.25) is 5.02 Å². The van der Waals surface area contributed by atoms with Crippen LogP contribution in [-0.4, -0.2) is 10.0 Å². The van der Waals surface area contributed by atoms with Crippen molar-refractivity contribution in [3.8, 4) is 5.75 Å². The van der Waals surface area contributed by atoms with E-state index in [1.165, 1.54) is 18.2 Å². The van der Waals surface area contributed by atoms with Crippen molar-refractivity contribution in [3.63, 3.8) is 0 Å². The van der Waals surface area contributed by atoms with Crippen molar-refractivity contribution in [2.45, 2.75) is 13.8 Å². The maximum atomic E-state index is 10.6. The van der Waals surface area contributed by atoms with Crippen molar-refractivity contribution in [2.24, 2.45) is 10.2 Å². The van der Waals surface area contributed by atoms with Crippen molar-refractivity contribution in [1.29, 1.82) is 0 Å². The number of phenols is 1. The van der Waals surface area contributed by atoms with Gasteiger partial charge in [0.2, 0.25) is 0 Å². The Balaban J connectivity index is 2.31. The number of rotatable bonds is 3. The first kappa shape index (κ1) is 14.9. The van der Waals surface area contributed by atoms with Crippen LogP contribution >= 0.6 is 11.6 Å². The van der Waals surface area contributed by atoms with E-state index in [0.29, 0.717) is 22.5 Å². The number of hydrogen-bond donors (Lipinski definition) is 1. The average molecular weight is 306 g/mol. The Morgan fingerprint density at radius 2 is 1.76 bits per heavy atom. The zero-order chi connectivity index (χ0) is 15.6. The number of nitro benzene ring substituents is 1. The standard InChI is InChI=1S/C14H12ClN3O3/c1-8-5-10(6-9(2)14(8)19)16-17-13-4-3-11(18(20)21)7-12(13)15/h3-7,19H,1-2H3. The zero-order valence-electron chi connectivity index (χ0n) is 11.4. The van der Waals surface area contributed by atoms with Crippen LogP contribution in [0, 0.1) is 24.0 Å². The molecule has 0 aromatic heterocycles. The summed E-state index contributed by atoms with van der Waals surface area (Å²) in [5.74, 6) is 0.224. The maximum absolute atomic E-state index is 10.6. The molecular weight excluding hydrogens is 294 g/mol. The van der Waals surface area contributed by atoms with Gasteiger partial charge in [0.15, 0.2) is 0 Å². The second-order valence-corrected chi connectivity index (χ2v) is 4.93. The van der Waals surface area contributed by atoms with Gasteiger partial charge in [-0.1, -0.05) is 11.6 Å². The highest BCUT2D eigenvalue weighted by atomic mass is 35.5. The van der Waals surface area contributed by atoms with Crippen molar-refractivity contribution >= 4 is 28.7 Å². The second-order valence-electron chi connectivity index (χ2n) is 4.52. The molecular formula is C14H12ClN3O3. The van der Waals surface area contributed by atoms with Crippen LogP contribution in [0.5, 0.6) is 5.75 Å². The molecule has 7 heteroatoms. The van der Waals surface area contributed by atoms with Gasteiger partial charge in [0.1, 0.15) is 11.4 Å². The topological polar surface area (TPSA) is 88.1 Å². The van der Waals surface area contributed by atoms with Crippen LogP contribution in [0.4, 0.5) is 17.1 Å². The summed E-state index contributed by atoms with van der Waals surface area (Å²) in [5, 5.41) is 28.5. The van der Waals surface area contributed by atoms with E-state index in [2.05, 4.69) is 10.2 Å². The van der Waals surface area contributed by atoms with E-state index in [1.54, 1.807) is 26.0 Å². The number of hydrogen-bond acceptors (Lipinski definition) is 5. The molecule has 2 aromatic carbocycles. The van der Waals surface area contributed by atoms with Crippen LogP contribution < -0.4 is 0 Å². The van der Waals surface area contributed by atoms with E-state index in [4.69, 9.17) is 11.6 Å². The third kappa shape index (κ3) is 3.35. The number of halogens is 1. The average Bonchev–Trinajstić information content (AvgIpc) is 2.43. The van der Waals surface area contributed by atoms with Crippen LogP contribution in [0.1, 0.15) is 11.1 Å². The minimum Gasteiger partial charge on any atom is -0.507 e. The molecule has 0 bridgehead atoms. The normalized spacial score (nSPS) is 11.0. The summed E-state index contributed by atoms with van der Waals surface area (Å²) in [5.41, 5.74) is 2.19. The first-order chi connectivity index (χ1) is 9.88. The number of nitro groups is 1. The predicted molar refractivity (Wildman–Crippen MR) is 79.9 cm³/mol. The van der Waals surface area contributed by atoms with Gasteiger partial charge in [0.05, 0.1) is 15.6 Å². The van der Waals surface area contributed by atoms with E-state index in [1.807, 2.05) is 0 Å². The third-order valence-corrected chi connectivity index (χ3v) is 3.19. The lowest BCUT2D eigenvalue weighted by atomic mass is 10.1. The summed E-state index contributed by atoms with van der Waals surface area (Å²) in [4.78, 5) is 10.1. The fraction of sp³-hybridized carbons (Fsp3) is 0.143. The molecule has 0 spiro atoms. The van der Waals surface area contributed by atoms with Crippen molar-refractivity contribution in [2.75, 3.05) is 0 Å². The fourth-order valence-electron chi connectivity index (χ4n) is 1.79. The molecule has 2 aromatic rings. The number of phenolic OH excluding ortho intramolecular Hbond substituents is 1. The molecule has 0 aliphatic rings. The van der Waals surface area contributed by atoms with Gasteiger partial charge in [-0.3, -0.25) is 10.1 Å². The van der Waals surface area contributed by atoms with Gasteiger partial charge < -0.3 is 5.11 Å². The summed E-state index contributed by atoms with van der Waals surface area (Å²) < 4.78 is 0. The Kier molecular flexibility index (Phi) is 4.18. The highest BCUT2D eigenvalue weighted by molar-refractivity contribution is 6.33. The number of non-ortho nitro benzene ring substituents is 1. The van der Waals surface area contributed by atoms with Crippen molar-refractivity contribution in [1.82, 2.24) is 0 Å². The molecule has 0 fully saturated rings. The Hall–Kier alpha value is -2.47. The van der Waals surface area contributed by atoms with Gasteiger partial charge in [0, 0.05) is 12.1 Å². The molecule has 108 valence electrons. The quantitative estimate of drug-likeness (QED) is 0.492. The third-order valence-electron chi connectivity index (χ3n) is 2.89. The molecule has 0 radical (unpaired) electrons. The van der Waals surface area contributed by atoms with Gasteiger partial charge >= 0.3 is 0 Å². The van der Waals surface area contributed by atoms with E-state index in [0.717, 1.165) is 0 Å². The van der Waals surface area contributed by atoms with Crippen molar-refractivity contribution < 1.29 is 10.0 Å². The lowest BCUT2D eigenvalue weighted by Gasteiger charge is -2.03. The molecule has 2 rings (SSSR count). The number of aromatic hydroxyl groups is 1. The Morgan fingerprint density at radius 3 is 2.29 bits per heavy atom. The summed E-state index contributed by atoms with van der Waals surface area (Å²) in [6.45, 7) is 3.53. The molecule has 6 nitrogen and oxygen atoms in total. The van der Waals surface area contributed by atoms with Gasteiger partial charge in [0.25, 0.3) is 5.69 Å². The fourth-order valence-corrected chi connectivity index (χ4v) is 2.01. The summed E-state index contributed by atoms with van der Waals surface area (Å²) in [6, 6.07) is 7.34. The summed E-state index contributed by atoms with van der Waals surface area (Å²) >= 11 is 5.93. The second kappa shape index (κ2) is 5.88. The Morgan fingerprint density at radius 1 is 1.14 bits per heavy atom. The molecule has 21 heavy (non-hydrogen) atoms. The van der Waals surface area contributed by atoms with Gasteiger partial charge in [-0.25, -0.2) is 0 Å². The smallest absolute Gasteiger partial charge is 0.271 e. The molecule has 0 heterocycles. The first-order valence-electron chi connectivity index (χ1n) is 6.04. The van der Waals surface area contributed by atoms with Gasteiger partial charge in [-0.2, -0.15) is 5.11 Å². The van der Waals surface area contributed by atoms with E-state index < -0.39 is 4.92 Å². The number of benzene rings is 2. The molecule has 0 aliphatic carbocycles. The number of nitrogens with zero attached hydrogens (tertiary/aromatic N) is 3. The summed E-state index contributed by atoms with van der Waals surface area (Å²) in [6.07, 6.45) is 0. The lowest BCUT2D eigenvalue weighted by molar-refractivity contribution is -0.384. The number of azo groups is 1. The summed E-state index contributed by atoms with van der Waals surface area (Å²) in [7, 11) is 0. The van der Waals surface area contributed by atoms with Crippen LogP contribution in [0.25, 0.3) is 0 Å². The molecule has 0 saturated heterocycles. The van der Waals surface area contributed by atoms with Crippen LogP contribution in [-0.2, 0) is 0 Å². The molecule has 0 aliphatic heterocycles. The van der Waals surface area contributed by atoms with E-state index in [-0.39, 0.29) is 16.5 Å². The van der Waals surface area contributed by atoms with Crippen LogP contribution in [0.3, 0.4) is 0 Å². The predicted octanol–water partition coefficient (Wildman–Crippen LogP) is 4.99. The van der Waals surface area contributed by atoms with Gasteiger partial charge in [-0.15, -0.1) is 5.11 Å².